The van der Waals surface area contributed by atoms with E-state index >= 15 is 0 Å². The lowest BCUT2D eigenvalue weighted by Gasteiger charge is -2.41. The topological polar surface area (TPSA) is 79.0 Å². The SMILES string of the molecule is COCC(=O)Nc1cc(N2C(=S)N[C@H](c3ccccn3)[C@H]2c2cc3c(cc2Cl)N(C)C(C)(C)C=C3C)ccc1OC. The number of amides is 1. The van der Waals surface area contributed by atoms with E-state index in [2.05, 4.69) is 60.5 Å². The second-order valence-electron chi connectivity index (χ2n) is 10.8. The van der Waals surface area contributed by atoms with Crippen molar-refractivity contribution < 1.29 is 14.3 Å². The van der Waals surface area contributed by atoms with Gasteiger partial charge in [-0.3, -0.25) is 9.78 Å². The number of rotatable bonds is 7. The molecule has 10 heteroatoms. The van der Waals surface area contributed by atoms with E-state index < -0.39 is 0 Å². The van der Waals surface area contributed by atoms with E-state index in [4.69, 9.17) is 33.3 Å². The molecule has 0 spiro atoms. The molecule has 3 heterocycles. The number of fused-ring (bicyclic) bond motifs is 1. The average molecular weight is 592 g/mol. The number of pyridine rings is 1. The van der Waals surface area contributed by atoms with Crippen LogP contribution in [0.2, 0.25) is 5.02 Å². The van der Waals surface area contributed by atoms with Crippen molar-refractivity contribution >= 4 is 57.5 Å². The van der Waals surface area contributed by atoms with E-state index in [0.717, 1.165) is 28.2 Å². The van der Waals surface area contributed by atoms with E-state index in [0.29, 0.717) is 21.6 Å². The Morgan fingerprint density at radius 3 is 2.66 bits per heavy atom. The van der Waals surface area contributed by atoms with Crippen LogP contribution in [0.4, 0.5) is 17.1 Å². The predicted molar refractivity (Wildman–Crippen MR) is 169 cm³/mol. The number of nitrogens with one attached hydrogen (secondary N) is 2. The predicted octanol–water partition coefficient (Wildman–Crippen LogP) is 6.14. The van der Waals surface area contributed by atoms with Crippen molar-refractivity contribution in [2.45, 2.75) is 38.4 Å². The Hall–Kier alpha value is -3.66. The fourth-order valence-electron chi connectivity index (χ4n) is 5.62. The summed E-state index contributed by atoms with van der Waals surface area (Å²) >= 11 is 13.1. The number of thiocarbonyl (C=S) groups is 1. The smallest absolute Gasteiger partial charge is 0.250 e. The number of halogens is 1. The molecule has 2 aromatic carbocycles. The Morgan fingerprint density at radius 1 is 1.20 bits per heavy atom. The molecule has 214 valence electrons. The standard InChI is InChI=1S/C31H34ClN5O3S/c1-18-16-31(2,3)36(4)25-15-22(32)21(14-20(18)25)29-28(23-9-7-8-12-33-23)35-30(41)37(29)19-10-11-26(40-6)24(13-19)34-27(38)17-39-5/h7-16,28-29H,17H2,1-6H3,(H,34,38)(H,35,41)/t28-,29-/m1/s1. The molecular formula is C31H34ClN5O3S. The van der Waals surface area contributed by atoms with Crippen LogP contribution in [0.5, 0.6) is 5.75 Å². The summed E-state index contributed by atoms with van der Waals surface area (Å²) in [4.78, 5) is 21.3. The number of hydrogen-bond acceptors (Lipinski definition) is 6. The van der Waals surface area contributed by atoms with Gasteiger partial charge in [-0.25, -0.2) is 0 Å². The number of carbonyl (C=O) groups is 1. The van der Waals surface area contributed by atoms with Crippen LogP contribution in [0.25, 0.3) is 5.57 Å². The van der Waals surface area contributed by atoms with Gasteiger partial charge in [-0.1, -0.05) is 23.7 Å². The average Bonchev–Trinajstić information content (AvgIpc) is 3.28. The van der Waals surface area contributed by atoms with Gasteiger partial charge in [0.1, 0.15) is 12.4 Å². The molecule has 0 aliphatic carbocycles. The third-order valence-corrected chi connectivity index (χ3v) is 8.40. The minimum Gasteiger partial charge on any atom is -0.495 e. The third kappa shape index (κ3) is 5.37. The molecular weight excluding hydrogens is 558 g/mol. The first kappa shape index (κ1) is 28.9. The summed E-state index contributed by atoms with van der Waals surface area (Å²) < 4.78 is 10.5. The largest absolute Gasteiger partial charge is 0.495 e. The maximum Gasteiger partial charge on any atom is 0.250 e. The third-order valence-electron chi connectivity index (χ3n) is 7.76. The zero-order valence-corrected chi connectivity index (χ0v) is 25.6. The minimum atomic E-state index is -0.334. The Morgan fingerprint density at radius 2 is 1.98 bits per heavy atom. The van der Waals surface area contributed by atoms with Crippen LogP contribution in [0.3, 0.4) is 0 Å². The van der Waals surface area contributed by atoms with Crippen molar-refractivity contribution in [1.82, 2.24) is 10.3 Å². The number of hydrogen-bond donors (Lipinski definition) is 2. The van der Waals surface area contributed by atoms with Gasteiger partial charge in [0.05, 0.1) is 36.1 Å². The van der Waals surface area contributed by atoms with E-state index in [1.165, 1.54) is 12.7 Å². The van der Waals surface area contributed by atoms with Gasteiger partial charge >= 0.3 is 0 Å². The summed E-state index contributed by atoms with van der Waals surface area (Å²) in [5.41, 5.74) is 6.25. The van der Waals surface area contributed by atoms with E-state index in [1.54, 1.807) is 13.3 Å². The Labute approximate surface area is 251 Å². The number of likely N-dealkylation sites (N-methyl/N-ethyl adjacent to an activating group) is 1. The van der Waals surface area contributed by atoms with Crippen LogP contribution in [-0.4, -0.2) is 49.4 Å². The molecule has 3 aromatic rings. The molecule has 2 atom stereocenters. The molecule has 0 radical (unpaired) electrons. The van der Waals surface area contributed by atoms with Gasteiger partial charge in [-0.15, -0.1) is 0 Å². The molecule has 2 aliphatic heterocycles. The highest BCUT2D eigenvalue weighted by Gasteiger charge is 2.43. The molecule has 5 rings (SSSR count). The van der Waals surface area contributed by atoms with Crippen LogP contribution >= 0.6 is 23.8 Å². The quantitative estimate of drug-likeness (QED) is 0.317. The summed E-state index contributed by atoms with van der Waals surface area (Å²) in [6.07, 6.45) is 4.05. The molecule has 2 aliphatic rings. The Kier molecular flexibility index (Phi) is 7.96. The number of aromatic nitrogens is 1. The Bertz CT molecular complexity index is 1530. The first-order chi connectivity index (χ1) is 19.6. The molecule has 1 fully saturated rings. The summed E-state index contributed by atoms with van der Waals surface area (Å²) in [5, 5.41) is 7.52. The number of ether oxygens (including phenoxy) is 2. The molecule has 8 nitrogen and oxygen atoms in total. The fraction of sp³-hybridized carbons (Fsp3) is 0.323. The van der Waals surface area contributed by atoms with Crippen molar-refractivity contribution in [3.05, 3.63) is 82.6 Å². The van der Waals surface area contributed by atoms with Gasteiger partial charge in [0, 0.05) is 42.3 Å². The molecule has 41 heavy (non-hydrogen) atoms. The van der Waals surface area contributed by atoms with E-state index in [1.807, 2.05) is 47.4 Å². The zero-order chi connectivity index (χ0) is 29.5. The van der Waals surface area contributed by atoms with E-state index in [-0.39, 0.29) is 30.1 Å². The van der Waals surface area contributed by atoms with Crippen molar-refractivity contribution in [1.29, 1.82) is 0 Å². The number of allylic oxidation sites excluding steroid dienone is 1. The molecule has 0 saturated carbocycles. The van der Waals surface area contributed by atoms with Crippen LogP contribution in [-0.2, 0) is 9.53 Å². The first-order valence-electron chi connectivity index (χ1n) is 13.3. The van der Waals surface area contributed by atoms with Gasteiger partial charge in [0.15, 0.2) is 5.11 Å². The first-order valence-corrected chi connectivity index (χ1v) is 14.1. The summed E-state index contributed by atoms with van der Waals surface area (Å²) in [6.45, 7) is 6.43. The number of anilines is 3. The Balaban J connectivity index is 1.67. The van der Waals surface area contributed by atoms with Crippen LogP contribution in [0.15, 0.2) is 60.8 Å². The molecule has 1 aromatic heterocycles. The lowest BCUT2D eigenvalue weighted by atomic mass is 9.86. The van der Waals surface area contributed by atoms with Crippen LogP contribution in [0.1, 0.15) is 49.7 Å². The van der Waals surface area contributed by atoms with Crippen molar-refractivity contribution in [2.24, 2.45) is 0 Å². The molecule has 0 unspecified atom stereocenters. The number of nitrogens with zero attached hydrogens (tertiary/aromatic N) is 3. The normalized spacial score (nSPS) is 19.4. The maximum atomic E-state index is 12.4. The van der Waals surface area contributed by atoms with Crippen LogP contribution < -0.4 is 25.2 Å². The van der Waals surface area contributed by atoms with E-state index in [9.17, 15) is 4.79 Å². The number of methoxy groups -OCH3 is 2. The lowest BCUT2D eigenvalue weighted by Crippen LogP contribution is -2.42. The highest BCUT2D eigenvalue weighted by Crippen LogP contribution is 2.48. The summed E-state index contributed by atoms with van der Waals surface area (Å²) in [6, 6.07) is 15.0. The van der Waals surface area contributed by atoms with Gasteiger partial charge in [0.25, 0.3) is 0 Å². The molecule has 2 N–H and O–H groups in total. The van der Waals surface area contributed by atoms with Gasteiger partial charge in [-0.2, -0.15) is 0 Å². The highest BCUT2D eigenvalue weighted by atomic mass is 35.5. The highest BCUT2D eigenvalue weighted by molar-refractivity contribution is 7.80. The van der Waals surface area contributed by atoms with Crippen molar-refractivity contribution in [3.63, 3.8) is 0 Å². The van der Waals surface area contributed by atoms with Gasteiger partial charge in [-0.05, 0) is 86.6 Å². The lowest BCUT2D eigenvalue weighted by molar-refractivity contribution is -0.119. The molecule has 0 bridgehead atoms. The minimum absolute atomic E-state index is 0.0791. The molecule has 1 saturated heterocycles. The fourth-order valence-corrected chi connectivity index (χ4v) is 6.24. The summed E-state index contributed by atoms with van der Waals surface area (Å²) in [5.74, 6) is 0.229. The van der Waals surface area contributed by atoms with Crippen molar-refractivity contribution in [2.75, 3.05) is 43.0 Å². The van der Waals surface area contributed by atoms with Crippen LogP contribution in [0, 0.1) is 0 Å². The second-order valence-corrected chi connectivity index (χ2v) is 11.6. The van der Waals surface area contributed by atoms with Crippen molar-refractivity contribution in [3.8, 4) is 5.75 Å². The zero-order valence-electron chi connectivity index (χ0n) is 24.0. The number of benzene rings is 2. The molecule has 1 amide bonds. The maximum absolute atomic E-state index is 12.4. The van der Waals surface area contributed by atoms with Gasteiger partial charge < -0.3 is 29.9 Å². The number of carbonyl (C=O) groups excluding carboxylic acids is 1. The van der Waals surface area contributed by atoms with Gasteiger partial charge in [0.2, 0.25) is 5.91 Å². The monoisotopic (exact) mass is 591 g/mol. The second kappa shape index (κ2) is 11.3. The summed E-state index contributed by atoms with van der Waals surface area (Å²) in [7, 11) is 5.12.